The average Bonchev–Trinajstić information content (AvgIpc) is 2.79. The van der Waals surface area contributed by atoms with Crippen molar-refractivity contribution in [2.75, 3.05) is 6.54 Å². The predicted octanol–water partition coefficient (Wildman–Crippen LogP) is 4.03. The van der Waals surface area contributed by atoms with Crippen molar-refractivity contribution in [3.05, 3.63) is 71.8 Å². The molecule has 2 aromatic rings. The Morgan fingerprint density at radius 2 is 1.62 bits per heavy atom. The third kappa shape index (κ3) is 5.48. The molecule has 29 heavy (non-hydrogen) atoms. The summed E-state index contributed by atoms with van der Waals surface area (Å²) in [5.41, 5.74) is 1.58. The lowest BCUT2D eigenvalue weighted by Gasteiger charge is -2.37. The molecule has 1 aliphatic carbocycles. The zero-order chi connectivity index (χ0) is 20.5. The maximum Gasteiger partial charge on any atom is 0.255 e. The summed E-state index contributed by atoms with van der Waals surface area (Å²) < 4.78 is 0. The van der Waals surface area contributed by atoms with Crippen LogP contribution in [0.4, 0.5) is 0 Å². The van der Waals surface area contributed by atoms with Gasteiger partial charge in [-0.15, -0.1) is 6.42 Å². The zero-order valence-corrected chi connectivity index (χ0v) is 16.7. The van der Waals surface area contributed by atoms with E-state index in [2.05, 4.69) is 11.2 Å². The fourth-order valence-corrected chi connectivity index (χ4v) is 4.09. The van der Waals surface area contributed by atoms with Gasteiger partial charge in [0.05, 0.1) is 6.54 Å². The van der Waals surface area contributed by atoms with Crippen LogP contribution in [0.1, 0.15) is 48.0 Å². The highest BCUT2D eigenvalue weighted by Crippen LogP contribution is 2.30. The molecule has 4 nitrogen and oxygen atoms in total. The molecule has 2 aromatic carbocycles. The molecule has 1 unspecified atom stereocenters. The van der Waals surface area contributed by atoms with Crippen LogP contribution in [0.2, 0.25) is 0 Å². The molecule has 0 bridgehead atoms. The molecule has 1 N–H and O–H groups in total. The standard InChI is InChI=1S/C25H28N2O2/c1-2-18-27(25(29)22-16-10-5-11-17-22)23(21-14-8-4-9-15-21)24(28)26-19-20-12-6-3-7-13-20/h1,3,5-7,10-13,16-17,21,23H,4,8-9,14-15,18-19H2,(H,26,28). The number of nitrogens with zero attached hydrogens (tertiary/aromatic N) is 1. The number of terminal acetylenes is 1. The molecule has 1 saturated carbocycles. The van der Waals surface area contributed by atoms with Crippen LogP contribution in [-0.4, -0.2) is 29.3 Å². The van der Waals surface area contributed by atoms with Crippen molar-refractivity contribution in [3.8, 4) is 12.3 Å². The maximum atomic E-state index is 13.3. The van der Waals surface area contributed by atoms with Gasteiger partial charge in [0.15, 0.2) is 0 Å². The Kier molecular flexibility index (Phi) is 7.47. The van der Waals surface area contributed by atoms with Crippen molar-refractivity contribution in [2.24, 2.45) is 5.92 Å². The van der Waals surface area contributed by atoms with E-state index in [0.29, 0.717) is 12.1 Å². The lowest BCUT2D eigenvalue weighted by molar-refractivity contribution is -0.128. The van der Waals surface area contributed by atoms with Crippen LogP contribution in [0, 0.1) is 18.3 Å². The maximum absolute atomic E-state index is 13.3. The first kappa shape index (κ1) is 20.7. The third-order valence-corrected chi connectivity index (χ3v) is 5.55. The molecule has 1 aliphatic rings. The molecular weight excluding hydrogens is 360 g/mol. The highest BCUT2D eigenvalue weighted by molar-refractivity contribution is 5.97. The van der Waals surface area contributed by atoms with Crippen molar-refractivity contribution >= 4 is 11.8 Å². The monoisotopic (exact) mass is 388 g/mol. The number of nitrogens with one attached hydrogen (secondary N) is 1. The fourth-order valence-electron chi connectivity index (χ4n) is 4.09. The molecule has 0 aliphatic heterocycles. The smallest absolute Gasteiger partial charge is 0.255 e. The molecule has 0 saturated heterocycles. The highest BCUT2D eigenvalue weighted by atomic mass is 16.2. The van der Waals surface area contributed by atoms with E-state index in [9.17, 15) is 9.59 Å². The third-order valence-electron chi connectivity index (χ3n) is 5.55. The number of amides is 2. The molecule has 0 heterocycles. The molecule has 3 rings (SSSR count). The molecule has 2 amide bonds. The van der Waals surface area contributed by atoms with Crippen molar-refractivity contribution in [2.45, 2.75) is 44.7 Å². The van der Waals surface area contributed by atoms with E-state index in [1.807, 2.05) is 48.5 Å². The van der Waals surface area contributed by atoms with E-state index in [1.54, 1.807) is 17.0 Å². The van der Waals surface area contributed by atoms with Crippen LogP contribution in [-0.2, 0) is 11.3 Å². The van der Waals surface area contributed by atoms with Gasteiger partial charge in [0.25, 0.3) is 5.91 Å². The van der Waals surface area contributed by atoms with Crippen molar-refractivity contribution in [1.82, 2.24) is 10.2 Å². The number of carbonyl (C=O) groups excluding carboxylic acids is 2. The summed E-state index contributed by atoms with van der Waals surface area (Å²) >= 11 is 0. The van der Waals surface area contributed by atoms with Gasteiger partial charge in [0.2, 0.25) is 5.91 Å². The first-order valence-corrected chi connectivity index (χ1v) is 10.3. The Bertz CT molecular complexity index is 836. The van der Waals surface area contributed by atoms with E-state index in [4.69, 9.17) is 6.42 Å². The van der Waals surface area contributed by atoms with Gasteiger partial charge in [-0.2, -0.15) is 0 Å². The molecule has 1 atom stereocenters. The minimum Gasteiger partial charge on any atom is -0.350 e. The van der Waals surface area contributed by atoms with Crippen molar-refractivity contribution < 1.29 is 9.59 Å². The number of carbonyl (C=O) groups is 2. The number of hydrogen-bond acceptors (Lipinski definition) is 2. The Morgan fingerprint density at radius 3 is 2.24 bits per heavy atom. The van der Waals surface area contributed by atoms with Gasteiger partial charge >= 0.3 is 0 Å². The summed E-state index contributed by atoms with van der Waals surface area (Å²) in [7, 11) is 0. The normalized spacial score (nSPS) is 15.1. The molecule has 0 radical (unpaired) electrons. The lowest BCUT2D eigenvalue weighted by Crippen LogP contribution is -2.53. The number of hydrogen-bond donors (Lipinski definition) is 1. The summed E-state index contributed by atoms with van der Waals surface area (Å²) in [6, 6.07) is 18.3. The van der Waals surface area contributed by atoms with Crippen molar-refractivity contribution in [3.63, 3.8) is 0 Å². The van der Waals surface area contributed by atoms with Crippen LogP contribution in [0.25, 0.3) is 0 Å². The summed E-state index contributed by atoms with van der Waals surface area (Å²) in [6.07, 6.45) is 10.8. The van der Waals surface area contributed by atoms with Gasteiger partial charge in [-0.3, -0.25) is 9.59 Å². The van der Waals surface area contributed by atoms with Crippen LogP contribution in [0.5, 0.6) is 0 Å². The Morgan fingerprint density at radius 1 is 1.00 bits per heavy atom. The first-order chi connectivity index (χ1) is 14.2. The van der Waals surface area contributed by atoms with Gasteiger partial charge in [-0.25, -0.2) is 0 Å². The molecule has 0 spiro atoms. The van der Waals surface area contributed by atoms with Crippen LogP contribution in [0.3, 0.4) is 0 Å². The highest BCUT2D eigenvalue weighted by Gasteiger charge is 2.37. The van der Waals surface area contributed by atoms with E-state index in [1.165, 1.54) is 6.42 Å². The largest absolute Gasteiger partial charge is 0.350 e. The summed E-state index contributed by atoms with van der Waals surface area (Å²) in [5.74, 6) is 2.41. The summed E-state index contributed by atoms with van der Waals surface area (Å²) in [4.78, 5) is 28.1. The van der Waals surface area contributed by atoms with E-state index >= 15 is 0 Å². The van der Waals surface area contributed by atoms with E-state index < -0.39 is 6.04 Å². The van der Waals surface area contributed by atoms with Crippen molar-refractivity contribution in [1.29, 1.82) is 0 Å². The van der Waals surface area contributed by atoms with Gasteiger partial charge in [0, 0.05) is 12.1 Å². The second kappa shape index (κ2) is 10.5. The molecule has 4 heteroatoms. The topological polar surface area (TPSA) is 49.4 Å². The van der Waals surface area contributed by atoms with Gasteiger partial charge < -0.3 is 10.2 Å². The second-order valence-electron chi connectivity index (χ2n) is 7.55. The summed E-state index contributed by atoms with van der Waals surface area (Å²) in [5, 5.41) is 3.04. The first-order valence-electron chi connectivity index (χ1n) is 10.3. The number of rotatable bonds is 7. The van der Waals surface area contributed by atoms with Gasteiger partial charge in [0.1, 0.15) is 6.04 Å². The van der Waals surface area contributed by atoms with Crippen LogP contribution < -0.4 is 5.32 Å². The van der Waals surface area contributed by atoms with Gasteiger partial charge in [-0.05, 0) is 36.5 Å². The Balaban J connectivity index is 1.84. The minimum atomic E-state index is -0.553. The van der Waals surface area contributed by atoms with Crippen LogP contribution >= 0.6 is 0 Å². The number of benzene rings is 2. The zero-order valence-electron chi connectivity index (χ0n) is 16.7. The molecule has 150 valence electrons. The predicted molar refractivity (Wildman–Crippen MR) is 115 cm³/mol. The van der Waals surface area contributed by atoms with Gasteiger partial charge in [-0.1, -0.05) is 73.7 Å². The Hall–Kier alpha value is -3.06. The molecular formula is C25H28N2O2. The Labute approximate surface area is 173 Å². The van der Waals surface area contributed by atoms with Crippen LogP contribution in [0.15, 0.2) is 60.7 Å². The molecule has 0 aromatic heterocycles. The minimum absolute atomic E-state index is 0.119. The second-order valence-corrected chi connectivity index (χ2v) is 7.55. The fraction of sp³-hybridized carbons (Fsp3) is 0.360. The quantitative estimate of drug-likeness (QED) is 0.728. The summed E-state index contributed by atoms with van der Waals surface area (Å²) in [6.45, 7) is 0.556. The molecule has 1 fully saturated rings. The average molecular weight is 389 g/mol. The lowest BCUT2D eigenvalue weighted by atomic mass is 9.82. The SMILES string of the molecule is C#CCN(C(=O)c1ccccc1)C(C(=O)NCc1ccccc1)C1CCCCC1. The van der Waals surface area contributed by atoms with E-state index in [-0.39, 0.29) is 24.3 Å². The van der Waals surface area contributed by atoms with E-state index in [0.717, 1.165) is 31.2 Å².